The van der Waals surface area contributed by atoms with Crippen LogP contribution in [0.2, 0.25) is 0 Å². The summed E-state index contributed by atoms with van der Waals surface area (Å²) in [6.45, 7) is 4.18. The Hall–Kier alpha value is -2.08. The van der Waals surface area contributed by atoms with E-state index in [0.717, 1.165) is 10.2 Å². The van der Waals surface area contributed by atoms with Crippen LogP contribution in [0.5, 0.6) is 5.75 Å². The Labute approximate surface area is 131 Å². The number of carbonyl (C=O) groups excluding carboxylic acids is 1. The smallest absolute Gasteiger partial charge is 0.275 e. The third kappa shape index (κ3) is 4.19. The van der Waals surface area contributed by atoms with Gasteiger partial charge in [0, 0.05) is 4.47 Å². The first-order valence-electron chi connectivity index (χ1n) is 6.42. The number of ether oxygens (including phenoxy) is 1. The van der Waals surface area contributed by atoms with E-state index in [4.69, 9.17) is 9.15 Å². The third-order valence-corrected chi connectivity index (χ3v) is 3.10. The predicted molar refractivity (Wildman–Crippen MR) is 83.8 cm³/mol. The van der Waals surface area contributed by atoms with Crippen LogP contribution in [0.4, 0.5) is 0 Å². The first kappa shape index (κ1) is 15.3. The summed E-state index contributed by atoms with van der Waals surface area (Å²) in [6, 6.07) is 8.84. The molecule has 0 unspecified atom stereocenters. The molecule has 0 bridgehead atoms. The Morgan fingerprint density at radius 3 is 2.90 bits per heavy atom. The van der Waals surface area contributed by atoms with Crippen molar-refractivity contribution >= 4 is 28.1 Å². The van der Waals surface area contributed by atoms with Crippen LogP contribution in [0.15, 0.2) is 44.3 Å². The molecule has 1 aromatic carbocycles. The summed E-state index contributed by atoms with van der Waals surface area (Å²) in [5, 5.41) is 3.87. The summed E-state index contributed by atoms with van der Waals surface area (Å²) in [4.78, 5) is 12.1. The first-order valence-corrected chi connectivity index (χ1v) is 7.21. The van der Waals surface area contributed by atoms with E-state index in [9.17, 15) is 4.79 Å². The lowest BCUT2D eigenvalue weighted by Crippen LogP contribution is -2.18. The molecule has 2 aromatic rings. The van der Waals surface area contributed by atoms with Crippen molar-refractivity contribution in [2.24, 2.45) is 5.10 Å². The highest BCUT2D eigenvalue weighted by Gasteiger charge is 2.12. The van der Waals surface area contributed by atoms with E-state index in [2.05, 4.69) is 26.5 Å². The molecule has 0 radical (unpaired) electrons. The predicted octanol–water partition coefficient (Wildman–Crippen LogP) is 3.51. The van der Waals surface area contributed by atoms with Gasteiger partial charge in [0.1, 0.15) is 17.3 Å². The minimum Gasteiger partial charge on any atom is -0.493 e. The van der Waals surface area contributed by atoms with Gasteiger partial charge in [0.05, 0.1) is 18.4 Å². The Morgan fingerprint density at radius 2 is 2.24 bits per heavy atom. The van der Waals surface area contributed by atoms with Crippen molar-refractivity contribution in [3.05, 3.63) is 51.9 Å². The Bertz CT molecular complexity index is 665. The lowest BCUT2D eigenvalue weighted by Gasteiger charge is -2.09. The van der Waals surface area contributed by atoms with E-state index in [1.54, 1.807) is 18.2 Å². The van der Waals surface area contributed by atoms with Crippen LogP contribution in [0.25, 0.3) is 0 Å². The van der Waals surface area contributed by atoms with E-state index < -0.39 is 0 Å². The number of nitrogens with one attached hydrogen (secondary N) is 1. The number of hydrazone groups is 1. The highest BCUT2D eigenvalue weighted by atomic mass is 79.9. The molecule has 0 fully saturated rings. The maximum absolute atomic E-state index is 12.1. The second-order valence-electron chi connectivity index (χ2n) is 4.22. The quantitative estimate of drug-likeness (QED) is 0.662. The molecule has 5 nitrogen and oxygen atoms in total. The summed E-state index contributed by atoms with van der Waals surface area (Å²) in [5.74, 6) is 1.53. The molecular weight excluding hydrogens is 336 g/mol. The molecule has 1 heterocycles. The molecule has 0 aliphatic rings. The van der Waals surface area contributed by atoms with Crippen LogP contribution in [0, 0.1) is 6.92 Å². The van der Waals surface area contributed by atoms with E-state index in [-0.39, 0.29) is 5.91 Å². The summed E-state index contributed by atoms with van der Waals surface area (Å²) < 4.78 is 11.5. The number of rotatable bonds is 5. The molecule has 2 rings (SSSR count). The Morgan fingerprint density at radius 1 is 1.43 bits per heavy atom. The number of aryl methyl sites for hydroxylation is 1. The minimum absolute atomic E-state index is 0.348. The largest absolute Gasteiger partial charge is 0.493 e. The Balaban J connectivity index is 2.09. The molecule has 0 atom stereocenters. The molecule has 1 aromatic heterocycles. The molecule has 6 heteroatoms. The van der Waals surface area contributed by atoms with Crippen molar-refractivity contribution in [2.45, 2.75) is 13.8 Å². The summed E-state index contributed by atoms with van der Waals surface area (Å²) >= 11 is 3.33. The number of furan rings is 1. The number of hydrogen-bond acceptors (Lipinski definition) is 4. The Kier molecular flexibility index (Phi) is 5.16. The van der Waals surface area contributed by atoms with E-state index >= 15 is 0 Å². The normalized spacial score (nSPS) is 10.8. The van der Waals surface area contributed by atoms with Gasteiger partial charge in [0.25, 0.3) is 5.91 Å². The van der Waals surface area contributed by atoms with Gasteiger partial charge in [0.15, 0.2) is 0 Å². The van der Waals surface area contributed by atoms with Gasteiger partial charge in [-0.05, 0) is 44.2 Å². The van der Waals surface area contributed by atoms with Crippen molar-refractivity contribution in [1.29, 1.82) is 0 Å². The summed E-state index contributed by atoms with van der Waals surface area (Å²) in [7, 11) is 0. The number of amides is 1. The zero-order chi connectivity index (χ0) is 15.2. The number of hydrogen-bond donors (Lipinski definition) is 1. The number of halogens is 1. The second-order valence-corrected chi connectivity index (χ2v) is 5.14. The lowest BCUT2D eigenvalue weighted by molar-refractivity contribution is 0.0951. The number of carbonyl (C=O) groups is 1. The van der Waals surface area contributed by atoms with Gasteiger partial charge in [-0.3, -0.25) is 4.79 Å². The van der Waals surface area contributed by atoms with E-state index in [1.165, 1.54) is 6.21 Å². The van der Waals surface area contributed by atoms with Gasteiger partial charge in [0.2, 0.25) is 0 Å². The standard InChI is InChI=1S/C15H15BrN2O3/c1-3-20-14-7-5-11(16)8-13(14)15(19)18-17-9-12-6-4-10(2)21-12/h4-9H,3H2,1-2H3,(H,18,19)/b17-9-. The summed E-state index contributed by atoms with van der Waals surface area (Å²) in [6.07, 6.45) is 1.45. The van der Waals surface area contributed by atoms with Gasteiger partial charge < -0.3 is 9.15 Å². The lowest BCUT2D eigenvalue weighted by atomic mass is 10.2. The average Bonchev–Trinajstić information content (AvgIpc) is 2.86. The maximum Gasteiger partial charge on any atom is 0.275 e. The molecule has 1 N–H and O–H groups in total. The molecule has 110 valence electrons. The highest BCUT2D eigenvalue weighted by Crippen LogP contribution is 2.23. The van der Waals surface area contributed by atoms with Crippen LogP contribution in [0.3, 0.4) is 0 Å². The maximum atomic E-state index is 12.1. The van der Waals surface area contributed by atoms with Crippen molar-refractivity contribution in [2.75, 3.05) is 6.61 Å². The zero-order valence-corrected chi connectivity index (χ0v) is 13.3. The number of nitrogens with zero attached hydrogens (tertiary/aromatic N) is 1. The third-order valence-electron chi connectivity index (χ3n) is 2.61. The van der Waals surface area contributed by atoms with Crippen LogP contribution in [-0.4, -0.2) is 18.7 Å². The molecule has 1 amide bonds. The van der Waals surface area contributed by atoms with Gasteiger partial charge >= 0.3 is 0 Å². The van der Waals surface area contributed by atoms with E-state index in [0.29, 0.717) is 23.7 Å². The highest BCUT2D eigenvalue weighted by molar-refractivity contribution is 9.10. The minimum atomic E-state index is -0.348. The molecule has 0 aliphatic heterocycles. The van der Waals surface area contributed by atoms with Gasteiger partial charge in [-0.2, -0.15) is 5.10 Å². The van der Waals surface area contributed by atoms with Crippen molar-refractivity contribution in [1.82, 2.24) is 5.43 Å². The molecule has 0 saturated heterocycles. The fraction of sp³-hybridized carbons (Fsp3) is 0.200. The fourth-order valence-corrected chi connectivity index (χ4v) is 2.06. The van der Waals surface area contributed by atoms with Crippen LogP contribution in [0.1, 0.15) is 28.8 Å². The van der Waals surface area contributed by atoms with E-state index in [1.807, 2.05) is 26.0 Å². The zero-order valence-electron chi connectivity index (χ0n) is 11.7. The average molecular weight is 351 g/mol. The summed E-state index contributed by atoms with van der Waals surface area (Å²) in [5.41, 5.74) is 2.87. The van der Waals surface area contributed by atoms with Crippen molar-refractivity contribution in [3.63, 3.8) is 0 Å². The topological polar surface area (TPSA) is 63.8 Å². The van der Waals surface area contributed by atoms with Gasteiger partial charge in [-0.15, -0.1) is 0 Å². The van der Waals surface area contributed by atoms with Crippen LogP contribution in [-0.2, 0) is 0 Å². The van der Waals surface area contributed by atoms with Crippen LogP contribution >= 0.6 is 15.9 Å². The molecular formula is C15H15BrN2O3. The molecule has 21 heavy (non-hydrogen) atoms. The molecule has 0 spiro atoms. The monoisotopic (exact) mass is 350 g/mol. The van der Waals surface area contributed by atoms with Gasteiger partial charge in [-0.25, -0.2) is 5.43 Å². The van der Waals surface area contributed by atoms with Crippen molar-refractivity contribution in [3.8, 4) is 5.75 Å². The number of benzene rings is 1. The molecule has 0 saturated carbocycles. The first-order chi connectivity index (χ1) is 10.1. The SMILES string of the molecule is CCOc1ccc(Br)cc1C(=O)N/N=C\c1ccc(C)o1. The van der Waals surface area contributed by atoms with Crippen molar-refractivity contribution < 1.29 is 13.9 Å². The second kappa shape index (κ2) is 7.08. The molecule has 0 aliphatic carbocycles. The van der Waals surface area contributed by atoms with Crippen LogP contribution < -0.4 is 10.2 Å². The van der Waals surface area contributed by atoms with Gasteiger partial charge in [-0.1, -0.05) is 15.9 Å². The fourth-order valence-electron chi connectivity index (χ4n) is 1.70.